The molecule has 3 N–H and O–H groups in total. The quantitative estimate of drug-likeness (QED) is 0.582. The van der Waals surface area contributed by atoms with E-state index in [0.717, 1.165) is 6.07 Å². The molecular weight excluding hydrogens is 254 g/mol. The smallest absolute Gasteiger partial charge is 0.311 e. The van der Waals surface area contributed by atoms with Crippen molar-refractivity contribution >= 4 is 17.5 Å². The average molecular weight is 267 g/mol. The number of hydrogen-bond acceptors (Lipinski definition) is 5. The molecule has 2 amide bonds. The van der Waals surface area contributed by atoms with Gasteiger partial charge < -0.3 is 15.8 Å². The van der Waals surface area contributed by atoms with Crippen LogP contribution >= 0.6 is 0 Å². The molecule has 0 saturated heterocycles. The standard InChI is InChI=1S/C11H13N3O5/c1-6(10(12)15)13-11(16)7-3-4-9(19-2)8(5-7)14(17)18/h3-6H,1-2H3,(H2,12,15)(H,13,16). The highest BCUT2D eigenvalue weighted by Crippen LogP contribution is 2.27. The van der Waals surface area contributed by atoms with E-state index < -0.39 is 22.8 Å². The zero-order valence-electron chi connectivity index (χ0n) is 10.4. The summed E-state index contributed by atoms with van der Waals surface area (Å²) in [5.41, 5.74) is 4.71. The normalized spacial score (nSPS) is 11.5. The Morgan fingerprint density at radius 1 is 1.47 bits per heavy atom. The molecule has 8 nitrogen and oxygen atoms in total. The minimum absolute atomic E-state index is 0.0422. The first-order valence-corrected chi connectivity index (χ1v) is 5.29. The average Bonchev–Trinajstić information content (AvgIpc) is 2.37. The molecule has 1 rings (SSSR count). The fraction of sp³-hybridized carbons (Fsp3) is 0.273. The molecule has 0 spiro atoms. The lowest BCUT2D eigenvalue weighted by Crippen LogP contribution is -2.42. The van der Waals surface area contributed by atoms with E-state index in [1.165, 1.54) is 26.2 Å². The number of nitrogens with one attached hydrogen (secondary N) is 1. The van der Waals surface area contributed by atoms with E-state index in [2.05, 4.69) is 5.32 Å². The summed E-state index contributed by atoms with van der Waals surface area (Å²) in [7, 11) is 1.29. The Morgan fingerprint density at radius 2 is 2.11 bits per heavy atom. The van der Waals surface area contributed by atoms with Crippen LogP contribution in [0.3, 0.4) is 0 Å². The maximum Gasteiger partial charge on any atom is 0.311 e. The molecule has 102 valence electrons. The Labute approximate surface area is 108 Å². The van der Waals surface area contributed by atoms with Crippen molar-refractivity contribution in [3.05, 3.63) is 33.9 Å². The Morgan fingerprint density at radius 3 is 2.58 bits per heavy atom. The number of carbonyl (C=O) groups excluding carboxylic acids is 2. The number of nitro benzene ring substituents is 1. The third kappa shape index (κ3) is 3.41. The minimum Gasteiger partial charge on any atom is -0.490 e. The third-order valence-corrected chi connectivity index (χ3v) is 2.41. The maximum absolute atomic E-state index is 11.8. The zero-order valence-corrected chi connectivity index (χ0v) is 10.4. The Bertz CT molecular complexity index is 529. The molecule has 0 aliphatic carbocycles. The molecule has 8 heteroatoms. The van der Waals surface area contributed by atoms with Crippen LogP contribution in [0.2, 0.25) is 0 Å². The van der Waals surface area contributed by atoms with E-state index in [4.69, 9.17) is 10.5 Å². The van der Waals surface area contributed by atoms with E-state index in [-0.39, 0.29) is 17.0 Å². The Hall–Kier alpha value is -2.64. The van der Waals surface area contributed by atoms with Gasteiger partial charge in [-0.2, -0.15) is 0 Å². The number of amides is 2. The predicted molar refractivity (Wildman–Crippen MR) is 65.8 cm³/mol. The molecule has 0 radical (unpaired) electrons. The molecule has 0 aliphatic rings. The first kappa shape index (κ1) is 14.4. The van der Waals surface area contributed by atoms with Crippen molar-refractivity contribution in [1.29, 1.82) is 0 Å². The number of primary amides is 1. The van der Waals surface area contributed by atoms with E-state index in [9.17, 15) is 19.7 Å². The van der Waals surface area contributed by atoms with Crippen LogP contribution in [-0.2, 0) is 4.79 Å². The van der Waals surface area contributed by atoms with Crippen molar-refractivity contribution in [3.63, 3.8) is 0 Å². The number of methoxy groups -OCH3 is 1. The van der Waals surface area contributed by atoms with Gasteiger partial charge in [0.25, 0.3) is 5.91 Å². The summed E-state index contributed by atoms with van der Waals surface area (Å²) in [4.78, 5) is 32.7. The summed E-state index contributed by atoms with van der Waals surface area (Å²) in [6.45, 7) is 1.41. The van der Waals surface area contributed by atoms with Crippen LogP contribution in [0, 0.1) is 10.1 Å². The number of nitro groups is 1. The number of nitrogens with zero attached hydrogens (tertiary/aromatic N) is 1. The van der Waals surface area contributed by atoms with Crippen molar-refractivity contribution in [3.8, 4) is 5.75 Å². The molecule has 19 heavy (non-hydrogen) atoms. The molecule has 1 aromatic rings. The van der Waals surface area contributed by atoms with E-state index in [1.807, 2.05) is 0 Å². The monoisotopic (exact) mass is 267 g/mol. The van der Waals surface area contributed by atoms with Gasteiger partial charge in [0.1, 0.15) is 6.04 Å². The molecule has 1 atom stereocenters. The number of hydrogen-bond donors (Lipinski definition) is 2. The molecule has 1 unspecified atom stereocenters. The van der Waals surface area contributed by atoms with Gasteiger partial charge in [0.05, 0.1) is 12.0 Å². The first-order chi connectivity index (χ1) is 8.86. The first-order valence-electron chi connectivity index (χ1n) is 5.29. The van der Waals surface area contributed by atoms with Crippen LogP contribution in [-0.4, -0.2) is 29.9 Å². The largest absolute Gasteiger partial charge is 0.490 e. The van der Waals surface area contributed by atoms with E-state index in [0.29, 0.717) is 0 Å². The van der Waals surface area contributed by atoms with Gasteiger partial charge in [-0.25, -0.2) is 0 Å². The highest BCUT2D eigenvalue weighted by atomic mass is 16.6. The highest BCUT2D eigenvalue weighted by Gasteiger charge is 2.20. The summed E-state index contributed by atoms with van der Waals surface area (Å²) < 4.78 is 4.81. The highest BCUT2D eigenvalue weighted by molar-refractivity contribution is 5.97. The lowest BCUT2D eigenvalue weighted by molar-refractivity contribution is -0.385. The Balaban J connectivity index is 3.02. The van der Waals surface area contributed by atoms with Gasteiger partial charge in [-0.05, 0) is 19.1 Å². The number of ether oxygens (including phenoxy) is 1. The fourth-order valence-corrected chi connectivity index (χ4v) is 1.33. The van der Waals surface area contributed by atoms with Gasteiger partial charge in [-0.1, -0.05) is 0 Å². The molecule has 0 bridgehead atoms. The number of rotatable bonds is 5. The van der Waals surface area contributed by atoms with Crippen LogP contribution in [0.15, 0.2) is 18.2 Å². The van der Waals surface area contributed by atoms with Crippen molar-refractivity contribution in [1.82, 2.24) is 5.32 Å². The summed E-state index contributed by atoms with van der Waals surface area (Å²) in [5.74, 6) is -1.28. The van der Waals surface area contributed by atoms with Crippen molar-refractivity contribution in [2.45, 2.75) is 13.0 Å². The van der Waals surface area contributed by atoms with Crippen LogP contribution in [0.5, 0.6) is 5.75 Å². The second kappa shape index (κ2) is 5.80. The molecule has 0 aliphatic heterocycles. The maximum atomic E-state index is 11.8. The lowest BCUT2D eigenvalue weighted by Gasteiger charge is -2.10. The third-order valence-electron chi connectivity index (χ3n) is 2.41. The second-order valence-corrected chi connectivity index (χ2v) is 3.74. The molecule has 0 aromatic heterocycles. The van der Waals surface area contributed by atoms with Crippen molar-refractivity contribution in [2.24, 2.45) is 5.73 Å². The summed E-state index contributed by atoms with van der Waals surface area (Å²) in [6.07, 6.45) is 0. The summed E-state index contributed by atoms with van der Waals surface area (Å²) >= 11 is 0. The van der Waals surface area contributed by atoms with Gasteiger partial charge in [0.2, 0.25) is 5.91 Å². The predicted octanol–water partition coefficient (Wildman–Crippen LogP) is 0.207. The molecule has 0 heterocycles. The zero-order chi connectivity index (χ0) is 14.6. The van der Waals surface area contributed by atoms with Crippen LogP contribution < -0.4 is 15.8 Å². The van der Waals surface area contributed by atoms with Gasteiger partial charge >= 0.3 is 5.69 Å². The lowest BCUT2D eigenvalue weighted by atomic mass is 10.1. The van der Waals surface area contributed by atoms with E-state index in [1.54, 1.807) is 0 Å². The number of carbonyl (C=O) groups is 2. The second-order valence-electron chi connectivity index (χ2n) is 3.74. The van der Waals surface area contributed by atoms with Crippen molar-refractivity contribution in [2.75, 3.05) is 7.11 Å². The van der Waals surface area contributed by atoms with Crippen LogP contribution in [0.25, 0.3) is 0 Å². The topological polar surface area (TPSA) is 125 Å². The Kier molecular flexibility index (Phi) is 4.41. The number of nitrogens with two attached hydrogens (primary N) is 1. The molecule has 1 aromatic carbocycles. The van der Waals surface area contributed by atoms with Crippen LogP contribution in [0.1, 0.15) is 17.3 Å². The number of benzene rings is 1. The molecule has 0 fully saturated rings. The minimum atomic E-state index is -0.867. The molecule has 0 saturated carbocycles. The fourth-order valence-electron chi connectivity index (χ4n) is 1.33. The van der Waals surface area contributed by atoms with Gasteiger partial charge in [-0.15, -0.1) is 0 Å². The van der Waals surface area contributed by atoms with Crippen molar-refractivity contribution < 1.29 is 19.2 Å². The molecular formula is C11H13N3O5. The van der Waals surface area contributed by atoms with Gasteiger partial charge in [0.15, 0.2) is 5.75 Å². The van der Waals surface area contributed by atoms with Gasteiger partial charge in [-0.3, -0.25) is 19.7 Å². The van der Waals surface area contributed by atoms with Crippen LogP contribution in [0.4, 0.5) is 5.69 Å². The summed E-state index contributed by atoms with van der Waals surface area (Å²) in [5, 5.41) is 13.1. The SMILES string of the molecule is COc1ccc(C(=O)NC(C)C(N)=O)cc1[N+](=O)[O-]. The van der Waals surface area contributed by atoms with E-state index >= 15 is 0 Å². The van der Waals surface area contributed by atoms with Gasteiger partial charge in [0, 0.05) is 11.6 Å². The summed E-state index contributed by atoms with van der Waals surface area (Å²) in [6, 6.07) is 2.87.